The number of hydrogen-bond donors (Lipinski definition) is 0. The van der Waals surface area contributed by atoms with Gasteiger partial charge < -0.3 is 19.0 Å². The smallest absolute Gasteiger partial charge is 0.159 e. The Balaban J connectivity index is 0.925. The Labute approximate surface area is 409 Å². The molecule has 8 aromatic rings. The van der Waals surface area contributed by atoms with Crippen LogP contribution in [0.1, 0.15) is 88.5 Å². The first kappa shape index (κ1) is 41.2. The van der Waals surface area contributed by atoms with Gasteiger partial charge >= 0.3 is 0 Å². The Morgan fingerprint density at radius 2 is 1.21 bits per heavy atom. The first-order chi connectivity index (χ1) is 33.8. The lowest BCUT2D eigenvalue weighted by atomic mass is 9.75. The molecule has 0 amide bonds. The molecule has 14 rings (SSSR count). The van der Waals surface area contributed by atoms with Crippen LogP contribution in [0.15, 0.2) is 177 Å². The molecule has 4 unspecified atom stereocenters. The summed E-state index contributed by atoms with van der Waals surface area (Å²) in [6, 6.07) is 43.8. The van der Waals surface area contributed by atoms with Crippen LogP contribution in [0, 0.1) is 11.8 Å². The average Bonchev–Trinajstić information content (AvgIpc) is 4.00. The van der Waals surface area contributed by atoms with Crippen molar-refractivity contribution in [3.05, 3.63) is 178 Å². The van der Waals surface area contributed by atoms with E-state index < -0.39 is 0 Å². The van der Waals surface area contributed by atoms with E-state index in [4.69, 9.17) is 9.15 Å². The van der Waals surface area contributed by atoms with Crippen LogP contribution < -0.4 is 9.80 Å². The number of ether oxygens (including phenoxy) is 1. The Morgan fingerprint density at radius 1 is 0.529 bits per heavy atom. The van der Waals surface area contributed by atoms with Crippen LogP contribution in [0.3, 0.4) is 0 Å². The zero-order chi connectivity index (χ0) is 44.7. The van der Waals surface area contributed by atoms with Crippen molar-refractivity contribution in [1.29, 1.82) is 0 Å². The number of furan rings is 1. The maximum absolute atomic E-state index is 7.43. The molecular weight excluding hydrogens is 944 g/mol. The molecule has 4 aliphatic carbocycles. The normalized spacial score (nSPS) is 23.2. The van der Waals surface area contributed by atoms with E-state index in [9.17, 15) is 0 Å². The van der Waals surface area contributed by atoms with Gasteiger partial charge in [-0.2, -0.15) is 0 Å². The van der Waals surface area contributed by atoms with Crippen LogP contribution in [-0.2, 0) is 4.74 Å². The summed E-state index contributed by atoms with van der Waals surface area (Å²) < 4.78 is 19.7. The van der Waals surface area contributed by atoms with Crippen LogP contribution in [0.4, 0.5) is 22.7 Å². The van der Waals surface area contributed by atoms with Crippen molar-refractivity contribution in [3.8, 4) is 0 Å². The van der Waals surface area contributed by atoms with Crippen LogP contribution in [0.25, 0.3) is 54.3 Å². The molecule has 0 bridgehead atoms. The SMILES string of the molecule is C1=CC2C3=CC=CC(N(c4ccccc4)c4ccc5ccc6c(N(C7=CI=CCC7)c7cccc8c7oc7c(C9CCCCC9)cccc78)ccc7ccc4c5c76)C3OC2C(C2CCCCC2)=C1. The molecule has 7 aromatic carbocycles. The first-order valence-corrected chi connectivity index (χ1v) is 28.1. The fourth-order valence-corrected chi connectivity index (χ4v) is 15.4. The minimum atomic E-state index is -0.155. The third kappa shape index (κ3) is 6.65. The van der Waals surface area contributed by atoms with E-state index in [2.05, 4.69) is 170 Å². The van der Waals surface area contributed by atoms with E-state index in [1.54, 1.807) is 0 Å². The number of fused-ring (bicyclic) bond motifs is 6. The Bertz CT molecular complexity index is 3450. The van der Waals surface area contributed by atoms with E-state index in [1.807, 2.05) is 0 Å². The highest BCUT2D eigenvalue weighted by atomic mass is 127. The highest BCUT2D eigenvalue weighted by Gasteiger charge is 2.48. The third-order valence-corrected chi connectivity index (χ3v) is 18.8. The predicted molar refractivity (Wildman–Crippen MR) is 295 cm³/mol. The predicted octanol–water partition coefficient (Wildman–Crippen LogP) is 17.5. The Morgan fingerprint density at radius 3 is 1.97 bits per heavy atom. The van der Waals surface area contributed by atoms with Gasteiger partial charge in [-0.25, -0.2) is 0 Å². The molecule has 0 spiro atoms. The van der Waals surface area contributed by atoms with E-state index in [0.717, 1.165) is 29.7 Å². The minimum Gasteiger partial charge on any atom is -0.454 e. The molecular formula is C63H57IN2O2. The van der Waals surface area contributed by atoms with Gasteiger partial charge in [-0.3, -0.25) is 0 Å². The molecule has 1 saturated heterocycles. The molecule has 68 heavy (non-hydrogen) atoms. The second kappa shape index (κ2) is 17.0. The number of halogens is 1. The topological polar surface area (TPSA) is 28.9 Å². The van der Waals surface area contributed by atoms with Crippen molar-refractivity contribution >= 4 is 102 Å². The number of nitrogens with zero attached hydrogens (tertiary/aromatic N) is 2. The fourth-order valence-electron chi connectivity index (χ4n) is 13.5. The van der Waals surface area contributed by atoms with Crippen LogP contribution >= 0.6 is 20.7 Å². The number of para-hydroxylation sites is 3. The quantitative estimate of drug-likeness (QED) is 0.112. The minimum absolute atomic E-state index is 0.0187. The summed E-state index contributed by atoms with van der Waals surface area (Å²) in [5.41, 5.74) is 12.5. The van der Waals surface area contributed by atoms with Gasteiger partial charge in [0.1, 0.15) is 11.7 Å². The van der Waals surface area contributed by atoms with Crippen molar-refractivity contribution in [2.75, 3.05) is 9.80 Å². The molecule has 6 aliphatic rings. The van der Waals surface area contributed by atoms with Gasteiger partial charge in [0.25, 0.3) is 0 Å². The molecule has 4 nitrogen and oxygen atoms in total. The van der Waals surface area contributed by atoms with Gasteiger partial charge in [0.05, 0.1) is 23.5 Å². The third-order valence-electron chi connectivity index (χ3n) is 16.6. The van der Waals surface area contributed by atoms with Crippen LogP contribution in [0.5, 0.6) is 0 Å². The maximum atomic E-state index is 7.43. The van der Waals surface area contributed by atoms with Gasteiger partial charge in [0.15, 0.2) is 5.58 Å². The molecule has 3 fully saturated rings. The lowest BCUT2D eigenvalue weighted by molar-refractivity contribution is 0.0506. The summed E-state index contributed by atoms with van der Waals surface area (Å²) >= 11 is -0.155. The van der Waals surface area contributed by atoms with Crippen molar-refractivity contribution < 1.29 is 9.15 Å². The van der Waals surface area contributed by atoms with Gasteiger partial charge in [0.2, 0.25) is 0 Å². The summed E-state index contributed by atoms with van der Waals surface area (Å²) in [7, 11) is 0. The van der Waals surface area contributed by atoms with Gasteiger partial charge in [-0.1, -0.05) is 185 Å². The van der Waals surface area contributed by atoms with Gasteiger partial charge in [0, 0.05) is 44.5 Å². The molecule has 0 radical (unpaired) electrons. The van der Waals surface area contributed by atoms with Crippen molar-refractivity contribution in [2.45, 2.75) is 101 Å². The molecule has 2 saturated carbocycles. The maximum Gasteiger partial charge on any atom is 0.159 e. The molecule has 1 aromatic heterocycles. The van der Waals surface area contributed by atoms with E-state index in [-0.39, 0.29) is 44.9 Å². The van der Waals surface area contributed by atoms with Crippen LogP contribution in [0.2, 0.25) is 0 Å². The molecule has 4 atom stereocenters. The zero-order valence-electron chi connectivity index (χ0n) is 38.6. The van der Waals surface area contributed by atoms with Crippen molar-refractivity contribution in [1.82, 2.24) is 0 Å². The second-order valence-corrected chi connectivity index (χ2v) is 22.5. The average molecular weight is 1000 g/mol. The monoisotopic (exact) mass is 1000 g/mol. The highest BCUT2D eigenvalue weighted by molar-refractivity contribution is 14.2. The van der Waals surface area contributed by atoms with Crippen molar-refractivity contribution in [3.63, 3.8) is 0 Å². The number of hydrogen-bond acceptors (Lipinski definition) is 4. The molecule has 3 heterocycles. The molecule has 338 valence electrons. The summed E-state index contributed by atoms with van der Waals surface area (Å²) in [4.78, 5) is 5.18. The number of benzene rings is 7. The standard InChI is InChI=1S/C63H57IN2O2/c1-4-15-40(16-5-1)46-22-10-24-48-50-26-12-28-56(62(50)67-60(46)48)65(44-19-8-3-9-20-44)54-36-32-42-31-35-53-55(37-33-43-30-34-52(54)58(42)59(43)53)66(45-21-14-38-64-39-45)57-29-13-27-51-49-25-11-23-47(61(49)68-63(51)57)41-17-6-2-7-18-41/h3,8-13,19-20,22-41,48,56,60,62H,1-2,4-7,14-18,21H2. The lowest BCUT2D eigenvalue weighted by Gasteiger charge is -2.38. The fraction of sp³-hybridized carbons (Fsp3) is 0.286. The van der Waals surface area contributed by atoms with Gasteiger partial charge in [-0.15, -0.1) is 0 Å². The summed E-state index contributed by atoms with van der Waals surface area (Å²) in [6.07, 6.45) is 29.4. The first-order valence-electron chi connectivity index (χ1n) is 25.6. The molecule has 0 N–H and O–H groups in total. The van der Waals surface area contributed by atoms with E-state index in [1.165, 1.54) is 147 Å². The summed E-state index contributed by atoms with van der Waals surface area (Å²) in [5.74, 6) is 1.46. The molecule has 5 heteroatoms. The lowest BCUT2D eigenvalue weighted by Crippen LogP contribution is -2.41. The highest BCUT2D eigenvalue weighted by Crippen LogP contribution is 2.52. The second-order valence-electron chi connectivity index (χ2n) is 20.3. The number of anilines is 4. The number of allylic oxidation sites excluding steroid dienone is 5. The number of rotatable bonds is 8. The Hall–Kier alpha value is -5.76. The van der Waals surface area contributed by atoms with Gasteiger partial charge in [-0.05, 0) is 123 Å². The zero-order valence-corrected chi connectivity index (χ0v) is 40.8. The van der Waals surface area contributed by atoms with E-state index in [0.29, 0.717) is 11.8 Å². The van der Waals surface area contributed by atoms with Crippen molar-refractivity contribution in [2.24, 2.45) is 11.8 Å². The summed E-state index contributed by atoms with van der Waals surface area (Å²) in [5, 5.41) is 10.2. The summed E-state index contributed by atoms with van der Waals surface area (Å²) in [6.45, 7) is 0. The van der Waals surface area contributed by atoms with Crippen LogP contribution in [-0.4, -0.2) is 22.3 Å². The molecule has 2 aliphatic heterocycles. The van der Waals surface area contributed by atoms with E-state index >= 15 is 0 Å². The Kier molecular flexibility index (Phi) is 10.3. The largest absolute Gasteiger partial charge is 0.454 e.